The molecule has 2 heterocycles. The van der Waals surface area contributed by atoms with Crippen LogP contribution in [0.2, 0.25) is 0 Å². The molecule has 142 valence electrons. The lowest BCUT2D eigenvalue weighted by Gasteiger charge is -2.21. The topological polar surface area (TPSA) is 140 Å². The third-order valence-corrected chi connectivity index (χ3v) is 5.92. The first-order valence-electron chi connectivity index (χ1n) is 7.46. The van der Waals surface area contributed by atoms with Gasteiger partial charge in [-0.3, -0.25) is 4.79 Å². The molecule has 0 unspecified atom stereocenters. The zero-order valence-electron chi connectivity index (χ0n) is 13.7. The minimum absolute atomic E-state index is 0.0669. The van der Waals surface area contributed by atoms with Gasteiger partial charge in [0, 0.05) is 0 Å². The molecule has 12 heteroatoms. The number of esters is 2. The Balaban J connectivity index is 1.94. The van der Waals surface area contributed by atoms with Gasteiger partial charge in [-0.1, -0.05) is 6.07 Å². The van der Waals surface area contributed by atoms with Crippen molar-refractivity contribution in [2.24, 2.45) is 0 Å². The van der Waals surface area contributed by atoms with Crippen LogP contribution in [0.15, 0.2) is 33.0 Å². The van der Waals surface area contributed by atoms with Crippen molar-refractivity contribution in [2.75, 3.05) is 26.3 Å². The first kappa shape index (κ1) is 19.9. The lowest BCUT2D eigenvalue weighted by Crippen LogP contribution is -2.45. The standard InChI is InChI=1S/C14H17N3O7S2/c1-2-23-13(19)9-6-15-14(20)17-10(9)8-24-11(18)7-16-26(21,22)12-4-3-5-25-12/h3-5,16H,2,6-8H2,1H3,(H2,15,17,20). The second kappa shape index (κ2) is 8.78. The van der Waals surface area contributed by atoms with Crippen molar-refractivity contribution >= 4 is 39.3 Å². The number of hydrogen-bond donors (Lipinski definition) is 3. The maximum Gasteiger partial charge on any atom is 0.337 e. The summed E-state index contributed by atoms with van der Waals surface area (Å²) < 4.78 is 35.8. The van der Waals surface area contributed by atoms with Crippen LogP contribution >= 0.6 is 11.3 Å². The highest BCUT2D eigenvalue weighted by Gasteiger charge is 2.25. The molecule has 0 saturated heterocycles. The fourth-order valence-electron chi connectivity index (χ4n) is 1.91. The summed E-state index contributed by atoms with van der Waals surface area (Å²) in [4.78, 5) is 35.0. The summed E-state index contributed by atoms with van der Waals surface area (Å²) >= 11 is 1.01. The number of amides is 2. The number of sulfonamides is 1. The average molecular weight is 403 g/mol. The van der Waals surface area contributed by atoms with Gasteiger partial charge in [0.05, 0.1) is 24.4 Å². The maximum absolute atomic E-state index is 11.9. The Morgan fingerprint density at radius 3 is 2.77 bits per heavy atom. The number of thiophene rings is 1. The SMILES string of the molecule is CCOC(=O)C1=C(COC(=O)CNS(=O)(=O)c2cccs2)NC(=O)NC1. The van der Waals surface area contributed by atoms with Crippen LogP contribution in [0.1, 0.15) is 6.92 Å². The molecule has 2 amide bonds. The van der Waals surface area contributed by atoms with E-state index in [9.17, 15) is 22.8 Å². The molecule has 0 aliphatic carbocycles. The fraction of sp³-hybridized carbons (Fsp3) is 0.357. The highest BCUT2D eigenvalue weighted by molar-refractivity contribution is 7.91. The Kier molecular flexibility index (Phi) is 6.71. The second-order valence-electron chi connectivity index (χ2n) is 4.90. The molecule has 1 aromatic rings. The van der Waals surface area contributed by atoms with Crippen LogP contribution < -0.4 is 15.4 Å². The Labute approximate surface area is 153 Å². The van der Waals surface area contributed by atoms with E-state index in [-0.39, 0.29) is 28.6 Å². The Bertz CT molecular complexity index is 816. The summed E-state index contributed by atoms with van der Waals surface area (Å²) in [5, 5.41) is 6.37. The van der Waals surface area contributed by atoms with Crippen LogP contribution in [-0.2, 0) is 29.1 Å². The Morgan fingerprint density at radius 1 is 1.35 bits per heavy atom. The first-order chi connectivity index (χ1) is 12.3. The smallest absolute Gasteiger partial charge is 0.337 e. The summed E-state index contributed by atoms with van der Waals surface area (Å²) in [6.45, 7) is 0.721. The van der Waals surface area contributed by atoms with Crippen LogP contribution in [0.4, 0.5) is 4.79 Å². The number of ether oxygens (including phenoxy) is 2. The van der Waals surface area contributed by atoms with Gasteiger partial charge in [-0.25, -0.2) is 18.0 Å². The summed E-state index contributed by atoms with van der Waals surface area (Å²) in [6, 6.07) is 2.42. The second-order valence-corrected chi connectivity index (χ2v) is 7.84. The van der Waals surface area contributed by atoms with E-state index in [2.05, 4.69) is 15.4 Å². The van der Waals surface area contributed by atoms with Crippen LogP contribution in [0.5, 0.6) is 0 Å². The lowest BCUT2D eigenvalue weighted by atomic mass is 10.2. The van der Waals surface area contributed by atoms with Gasteiger partial charge in [0.1, 0.15) is 17.4 Å². The number of hydrogen-bond acceptors (Lipinski definition) is 8. The van der Waals surface area contributed by atoms with Gasteiger partial charge in [0.25, 0.3) is 10.0 Å². The van der Waals surface area contributed by atoms with E-state index in [4.69, 9.17) is 9.47 Å². The summed E-state index contributed by atoms with van der Waals surface area (Å²) in [5.74, 6) is -1.52. The van der Waals surface area contributed by atoms with Crippen molar-refractivity contribution in [3.63, 3.8) is 0 Å². The average Bonchev–Trinajstić information content (AvgIpc) is 3.14. The zero-order valence-corrected chi connectivity index (χ0v) is 15.4. The van der Waals surface area contributed by atoms with Crippen molar-refractivity contribution < 1.29 is 32.3 Å². The monoisotopic (exact) mass is 403 g/mol. The molecule has 1 aliphatic heterocycles. The summed E-state index contributed by atoms with van der Waals surface area (Å²) in [7, 11) is -3.79. The van der Waals surface area contributed by atoms with E-state index in [1.54, 1.807) is 18.4 Å². The third-order valence-electron chi connectivity index (χ3n) is 3.12. The number of carbonyl (C=O) groups excluding carboxylic acids is 3. The van der Waals surface area contributed by atoms with Crippen molar-refractivity contribution in [1.82, 2.24) is 15.4 Å². The Hall–Kier alpha value is -2.44. The van der Waals surface area contributed by atoms with E-state index in [1.807, 2.05) is 0 Å². The minimum Gasteiger partial charge on any atom is -0.463 e. The lowest BCUT2D eigenvalue weighted by molar-refractivity contribution is -0.142. The molecule has 0 atom stereocenters. The molecule has 0 radical (unpaired) electrons. The van der Waals surface area contributed by atoms with Gasteiger partial charge < -0.3 is 20.1 Å². The normalized spacial score (nSPS) is 14.4. The molecule has 0 bridgehead atoms. The van der Waals surface area contributed by atoms with Crippen molar-refractivity contribution in [3.05, 3.63) is 28.8 Å². The molecule has 0 aromatic carbocycles. The molecule has 10 nitrogen and oxygen atoms in total. The van der Waals surface area contributed by atoms with Gasteiger partial charge in [-0.05, 0) is 18.4 Å². The van der Waals surface area contributed by atoms with Crippen LogP contribution in [0.25, 0.3) is 0 Å². The van der Waals surface area contributed by atoms with Crippen LogP contribution in [0, 0.1) is 0 Å². The predicted molar refractivity (Wildman–Crippen MR) is 90.7 cm³/mol. The molecule has 1 aliphatic rings. The quantitative estimate of drug-likeness (QED) is 0.506. The Morgan fingerprint density at radius 2 is 2.12 bits per heavy atom. The third kappa shape index (κ3) is 5.28. The maximum atomic E-state index is 11.9. The molecule has 2 rings (SSSR count). The van der Waals surface area contributed by atoms with E-state index in [0.717, 1.165) is 11.3 Å². The summed E-state index contributed by atoms with van der Waals surface area (Å²) in [6.07, 6.45) is 0. The number of carbonyl (C=O) groups is 3. The van der Waals surface area contributed by atoms with Crippen molar-refractivity contribution in [1.29, 1.82) is 0 Å². The van der Waals surface area contributed by atoms with E-state index in [1.165, 1.54) is 6.07 Å². The zero-order chi connectivity index (χ0) is 19.2. The van der Waals surface area contributed by atoms with Crippen molar-refractivity contribution in [2.45, 2.75) is 11.1 Å². The molecular formula is C14H17N3O7S2. The highest BCUT2D eigenvalue weighted by Crippen LogP contribution is 2.15. The van der Waals surface area contributed by atoms with Gasteiger partial charge in [0.15, 0.2) is 0 Å². The predicted octanol–water partition coefficient (Wildman–Crippen LogP) is -0.300. The van der Waals surface area contributed by atoms with Gasteiger partial charge in [-0.2, -0.15) is 4.72 Å². The highest BCUT2D eigenvalue weighted by atomic mass is 32.2. The number of urea groups is 1. The van der Waals surface area contributed by atoms with Crippen molar-refractivity contribution in [3.8, 4) is 0 Å². The minimum atomic E-state index is -3.79. The number of nitrogens with one attached hydrogen (secondary N) is 3. The van der Waals surface area contributed by atoms with Crippen LogP contribution in [0.3, 0.4) is 0 Å². The molecule has 3 N–H and O–H groups in total. The van der Waals surface area contributed by atoms with E-state index < -0.39 is 41.1 Å². The number of rotatable bonds is 8. The molecule has 26 heavy (non-hydrogen) atoms. The van der Waals surface area contributed by atoms with Gasteiger partial charge in [0.2, 0.25) is 0 Å². The first-order valence-corrected chi connectivity index (χ1v) is 9.82. The van der Waals surface area contributed by atoms with E-state index in [0.29, 0.717) is 0 Å². The molecule has 1 aromatic heterocycles. The molecule has 0 fully saturated rings. The molecular weight excluding hydrogens is 386 g/mol. The molecule has 0 spiro atoms. The van der Waals surface area contributed by atoms with Crippen LogP contribution in [-0.4, -0.2) is 52.7 Å². The fourth-order valence-corrected chi connectivity index (χ4v) is 3.92. The van der Waals surface area contributed by atoms with Gasteiger partial charge in [-0.15, -0.1) is 11.3 Å². The molecule has 0 saturated carbocycles. The van der Waals surface area contributed by atoms with E-state index >= 15 is 0 Å². The summed E-state index contributed by atoms with van der Waals surface area (Å²) in [5.41, 5.74) is 0.208. The van der Waals surface area contributed by atoms with Gasteiger partial charge >= 0.3 is 18.0 Å². The largest absolute Gasteiger partial charge is 0.463 e.